The standard InChI is InChI=1S/C20H18N2O5/c23-18-11-27-17-8-13(6-7-16(17)21-18)19(24)22-9-14(15(10-22)20(25)26)12-4-2-1-3-5-12/h1-8,14-15H,9-11H2,(H,21,23)(H,25,26). The highest BCUT2D eigenvalue weighted by Crippen LogP contribution is 2.35. The number of anilines is 1. The molecule has 0 bridgehead atoms. The van der Waals surface area contributed by atoms with Gasteiger partial charge in [-0.05, 0) is 23.8 Å². The van der Waals surface area contributed by atoms with Gasteiger partial charge in [0.15, 0.2) is 6.61 Å². The number of hydrogen-bond donors (Lipinski definition) is 2. The molecule has 0 spiro atoms. The molecule has 7 heteroatoms. The predicted octanol–water partition coefficient (Wildman–Crippen LogP) is 1.96. The van der Waals surface area contributed by atoms with Gasteiger partial charge in [-0.25, -0.2) is 0 Å². The van der Waals surface area contributed by atoms with Gasteiger partial charge in [0.1, 0.15) is 5.75 Å². The lowest BCUT2D eigenvalue weighted by atomic mass is 9.89. The molecule has 2 amide bonds. The van der Waals surface area contributed by atoms with E-state index in [0.29, 0.717) is 23.5 Å². The van der Waals surface area contributed by atoms with Crippen LogP contribution in [0.2, 0.25) is 0 Å². The van der Waals surface area contributed by atoms with Crippen LogP contribution < -0.4 is 10.1 Å². The Hall–Kier alpha value is -3.35. The van der Waals surface area contributed by atoms with Gasteiger partial charge in [0.2, 0.25) is 0 Å². The first-order chi connectivity index (χ1) is 13.0. The lowest BCUT2D eigenvalue weighted by molar-refractivity contribution is -0.141. The van der Waals surface area contributed by atoms with E-state index in [-0.39, 0.29) is 30.9 Å². The number of ether oxygens (including phenoxy) is 1. The van der Waals surface area contributed by atoms with Crippen LogP contribution in [0.5, 0.6) is 5.75 Å². The Labute approximate surface area is 155 Å². The van der Waals surface area contributed by atoms with Crippen LogP contribution in [0.15, 0.2) is 48.5 Å². The number of fused-ring (bicyclic) bond motifs is 1. The zero-order valence-corrected chi connectivity index (χ0v) is 14.4. The molecule has 0 aliphatic carbocycles. The molecule has 2 N–H and O–H groups in total. The van der Waals surface area contributed by atoms with E-state index in [9.17, 15) is 19.5 Å². The predicted molar refractivity (Wildman–Crippen MR) is 96.8 cm³/mol. The highest BCUT2D eigenvalue weighted by molar-refractivity contribution is 5.99. The van der Waals surface area contributed by atoms with E-state index in [2.05, 4.69) is 5.32 Å². The van der Waals surface area contributed by atoms with Gasteiger partial charge in [0.25, 0.3) is 11.8 Å². The molecule has 1 saturated heterocycles. The zero-order chi connectivity index (χ0) is 19.0. The molecule has 2 aromatic carbocycles. The van der Waals surface area contributed by atoms with Crippen molar-refractivity contribution in [1.29, 1.82) is 0 Å². The normalized spacial score (nSPS) is 21.2. The van der Waals surface area contributed by atoms with Gasteiger partial charge in [0.05, 0.1) is 11.6 Å². The van der Waals surface area contributed by atoms with E-state index >= 15 is 0 Å². The van der Waals surface area contributed by atoms with Crippen molar-refractivity contribution in [3.05, 3.63) is 59.7 Å². The molecule has 2 heterocycles. The van der Waals surface area contributed by atoms with Crippen LogP contribution in [0.25, 0.3) is 0 Å². The summed E-state index contributed by atoms with van der Waals surface area (Å²) in [6, 6.07) is 14.2. The van der Waals surface area contributed by atoms with Gasteiger partial charge in [-0.1, -0.05) is 30.3 Å². The summed E-state index contributed by atoms with van der Waals surface area (Å²) >= 11 is 0. The number of benzene rings is 2. The number of likely N-dealkylation sites (tertiary alicyclic amines) is 1. The molecule has 0 saturated carbocycles. The summed E-state index contributed by atoms with van der Waals surface area (Å²) in [5.74, 6) is -1.85. The van der Waals surface area contributed by atoms with Crippen LogP contribution in [0.3, 0.4) is 0 Å². The van der Waals surface area contributed by atoms with Crippen LogP contribution in [0.1, 0.15) is 21.8 Å². The summed E-state index contributed by atoms with van der Waals surface area (Å²) < 4.78 is 5.36. The topological polar surface area (TPSA) is 95.9 Å². The third-order valence-corrected chi connectivity index (χ3v) is 5.01. The van der Waals surface area contributed by atoms with Crippen LogP contribution in [-0.4, -0.2) is 47.5 Å². The quantitative estimate of drug-likeness (QED) is 0.866. The van der Waals surface area contributed by atoms with Crippen molar-refractivity contribution in [2.24, 2.45) is 5.92 Å². The van der Waals surface area contributed by atoms with Gasteiger partial charge < -0.3 is 20.1 Å². The van der Waals surface area contributed by atoms with Crippen LogP contribution in [-0.2, 0) is 9.59 Å². The van der Waals surface area contributed by atoms with Crippen molar-refractivity contribution in [3.8, 4) is 5.75 Å². The lowest BCUT2D eigenvalue weighted by Crippen LogP contribution is -2.30. The third kappa shape index (κ3) is 3.23. The molecule has 1 fully saturated rings. The van der Waals surface area contributed by atoms with Gasteiger partial charge in [-0.3, -0.25) is 14.4 Å². The van der Waals surface area contributed by atoms with Crippen molar-refractivity contribution in [1.82, 2.24) is 4.90 Å². The Bertz CT molecular complexity index is 912. The first-order valence-electron chi connectivity index (χ1n) is 8.66. The Kier molecular flexibility index (Phi) is 4.27. The van der Waals surface area contributed by atoms with Crippen molar-refractivity contribution in [3.63, 3.8) is 0 Å². The SMILES string of the molecule is O=C1COc2cc(C(=O)N3CC(C(=O)O)C(c4ccccc4)C3)ccc2N1. The van der Waals surface area contributed by atoms with Gasteiger partial charge in [-0.2, -0.15) is 0 Å². The monoisotopic (exact) mass is 366 g/mol. The third-order valence-electron chi connectivity index (χ3n) is 5.01. The van der Waals surface area contributed by atoms with E-state index in [0.717, 1.165) is 5.56 Å². The maximum Gasteiger partial charge on any atom is 0.308 e. The maximum absolute atomic E-state index is 12.9. The second-order valence-electron chi connectivity index (χ2n) is 6.72. The smallest absolute Gasteiger partial charge is 0.308 e. The average Bonchev–Trinajstić information content (AvgIpc) is 3.13. The fourth-order valence-corrected chi connectivity index (χ4v) is 3.65. The first kappa shape index (κ1) is 17.1. The summed E-state index contributed by atoms with van der Waals surface area (Å²) in [4.78, 5) is 37.6. The van der Waals surface area contributed by atoms with Gasteiger partial charge in [-0.15, -0.1) is 0 Å². The molecule has 2 aliphatic heterocycles. The molecule has 2 aromatic rings. The van der Waals surface area contributed by atoms with Crippen LogP contribution >= 0.6 is 0 Å². The van der Waals surface area contributed by atoms with Crippen molar-refractivity contribution >= 4 is 23.5 Å². The first-order valence-corrected chi connectivity index (χ1v) is 8.66. The highest BCUT2D eigenvalue weighted by Gasteiger charge is 2.40. The molecule has 7 nitrogen and oxygen atoms in total. The number of amides is 2. The van der Waals surface area contributed by atoms with E-state index in [4.69, 9.17) is 4.74 Å². The van der Waals surface area contributed by atoms with E-state index in [1.54, 1.807) is 23.1 Å². The minimum absolute atomic E-state index is 0.0917. The number of rotatable bonds is 3. The maximum atomic E-state index is 12.9. The van der Waals surface area contributed by atoms with Gasteiger partial charge in [0, 0.05) is 24.6 Å². The molecule has 4 rings (SSSR count). The van der Waals surface area contributed by atoms with Crippen molar-refractivity contribution in [2.45, 2.75) is 5.92 Å². The average molecular weight is 366 g/mol. The molecule has 27 heavy (non-hydrogen) atoms. The largest absolute Gasteiger partial charge is 0.482 e. The fraction of sp³-hybridized carbons (Fsp3) is 0.250. The minimum atomic E-state index is -0.907. The summed E-state index contributed by atoms with van der Waals surface area (Å²) in [5.41, 5.74) is 1.84. The molecular weight excluding hydrogens is 348 g/mol. The summed E-state index contributed by atoms with van der Waals surface area (Å²) in [6.45, 7) is 0.405. The molecule has 0 aromatic heterocycles. The number of nitrogens with one attached hydrogen (secondary N) is 1. The lowest BCUT2D eigenvalue weighted by Gasteiger charge is -2.20. The van der Waals surface area contributed by atoms with Crippen LogP contribution in [0, 0.1) is 5.92 Å². The Morgan fingerprint density at radius 1 is 1.11 bits per heavy atom. The Morgan fingerprint density at radius 2 is 1.89 bits per heavy atom. The fourth-order valence-electron chi connectivity index (χ4n) is 3.65. The second-order valence-corrected chi connectivity index (χ2v) is 6.72. The van der Waals surface area contributed by atoms with Gasteiger partial charge >= 0.3 is 5.97 Å². The molecule has 138 valence electrons. The summed E-state index contributed by atoms with van der Waals surface area (Å²) in [7, 11) is 0. The van der Waals surface area contributed by atoms with E-state index < -0.39 is 11.9 Å². The zero-order valence-electron chi connectivity index (χ0n) is 14.4. The van der Waals surface area contributed by atoms with Crippen molar-refractivity contribution in [2.75, 3.05) is 25.0 Å². The molecule has 2 unspecified atom stereocenters. The number of nitrogens with zero attached hydrogens (tertiary/aromatic N) is 1. The van der Waals surface area contributed by atoms with Crippen molar-refractivity contribution < 1.29 is 24.2 Å². The molecule has 0 radical (unpaired) electrons. The Morgan fingerprint density at radius 3 is 2.63 bits per heavy atom. The number of carboxylic acids is 1. The molecular formula is C20H18N2O5. The summed E-state index contributed by atoms with van der Waals surface area (Å²) in [6.07, 6.45) is 0. The number of carbonyl (C=O) groups is 3. The molecule has 2 atom stereocenters. The van der Waals surface area contributed by atoms with Crippen LogP contribution in [0.4, 0.5) is 5.69 Å². The minimum Gasteiger partial charge on any atom is -0.482 e. The number of carboxylic acid groups (broad SMARTS) is 1. The second kappa shape index (κ2) is 6.75. The highest BCUT2D eigenvalue weighted by atomic mass is 16.5. The Balaban J connectivity index is 1.57. The number of carbonyl (C=O) groups excluding carboxylic acids is 2. The molecule has 2 aliphatic rings. The number of aliphatic carboxylic acids is 1. The van der Waals surface area contributed by atoms with E-state index in [1.807, 2.05) is 30.3 Å². The number of hydrogen-bond acceptors (Lipinski definition) is 4. The summed E-state index contributed by atoms with van der Waals surface area (Å²) in [5, 5.41) is 12.3. The van der Waals surface area contributed by atoms with E-state index in [1.165, 1.54) is 0 Å².